The standard InChI is InChI=1S/C23H24FN5O3S/c1-14(2)33(30,31)17-8-9-18(19(24)10-17)20-12-26-13-21(27-20)23-29-28-22(32-23)16-6-4-15(5-7-16)11-25-3/h4-10,12-14,25,30-31H,11H2,1-3H3. The Morgan fingerprint density at radius 2 is 1.70 bits per heavy atom. The van der Waals surface area contributed by atoms with E-state index in [1.165, 1.54) is 24.5 Å². The highest BCUT2D eigenvalue weighted by Crippen LogP contribution is 2.52. The van der Waals surface area contributed by atoms with E-state index in [9.17, 15) is 13.5 Å². The Hall–Kier alpha value is -3.18. The van der Waals surface area contributed by atoms with Crippen molar-refractivity contribution in [3.63, 3.8) is 0 Å². The average molecular weight is 470 g/mol. The van der Waals surface area contributed by atoms with Crippen molar-refractivity contribution in [2.75, 3.05) is 7.05 Å². The van der Waals surface area contributed by atoms with E-state index in [1.54, 1.807) is 13.8 Å². The van der Waals surface area contributed by atoms with Gasteiger partial charge >= 0.3 is 0 Å². The van der Waals surface area contributed by atoms with Crippen LogP contribution in [-0.4, -0.2) is 41.6 Å². The molecule has 0 amide bonds. The van der Waals surface area contributed by atoms with Crippen molar-refractivity contribution in [1.29, 1.82) is 0 Å². The third-order valence-corrected chi connectivity index (χ3v) is 7.34. The van der Waals surface area contributed by atoms with Crippen LogP contribution in [0.2, 0.25) is 0 Å². The van der Waals surface area contributed by atoms with Crippen LogP contribution in [-0.2, 0) is 6.54 Å². The van der Waals surface area contributed by atoms with E-state index in [4.69, 9.17) is 4.42 Å². The molecule has 0 aliphatic heterocycles. The Morgan fingerprint density at radius 3 is 2.36 bits per heavy atom. The van der Waals surface area contributed by atoms with Gasteiger partial charge in [0, 0.05) is 22.9 Å². The van der Waals surface area contributed by atoms with Gasteiger partial charge in [0.25, 0.3) is 5.89 Å². The van der Waals surface area contributed by atoms with Gasteiger partial charge in [0.15, 0.2) is 0 Å². The number of rotatable bonds is 7. The van der Waals surface area contributed by atoms with Crippen LogP contribution in [0.4, 0.5) is 4.39 Å². The van der Waals surface area contributed by atoms with E-state index in [2.05, 4.69) is 25.5 Å². The predicted molar refractivity (Wildman–Crippen MR) is 125 cm³/mol. The first-order valence-electron chi connectivity index (χ1n) is 10.3. The fourth-order valence-corrected chi connectivity index (χ4v) is 4.26. The highest BCUT2D eigenvalue weighted by Gasteiger charge is 2.22. The van der Waals surface area contributed by atoms with E-state index < -0.39 is 21.7 Å². The van der Waals surface area contributed by atoms with Crippen LogP contribution in [0.25, 0.3) is 34.3 Å². The molecule has 0 radical (unpaired) electrons. The summed E-state index contributed by atoms with van der Waals surface area (Å²) in [5, 5.41) is 10.8. The zero-order chi connectivity index (χ0) is 23.6. The second kappa shape index (κ2) is 9.36. The third-order valence-electron chi connectivity index (χ3n) is 5.08. The van der Waals surface area contributed by atoms with Crippen molar-refractivity contribution in [3.05, 3.63) is 66.2 Å². The SMILES string of the molecule is CNCc1ccc(-c2nnc(-c3cncc(-c4ccc(S(O)(O)C(C)C)cc4F)n3)o2)cc1. The lowest BCUT2D eigenvalue weighted by atomic mass is 10.1. The summed E-state index contributed by atoms with van der Waals surface area (Å²) in [6.07, 6.45) is 2.87. The number of halogens is 1. The molecular weight excluding hydrogens is 445 g/mol. The zero-order valence-electron chi connectivity index (χ0n) is 18.4. The Bertz CT molecular complexity index is 1260. The second-order valence-electron chi connectivity index (χ2n) is 7.71. The number of benzene rings is 2. The summed E-state index contributed by atoms with van der Waals surface area (Å²) in [5.41, 5.74) is 2.62. The van der Waals surface area contributed by atoms with Crippen molar-refractivity contribution in [1.82, 2.24) is 25.5 Å². The van der Waals surface area contributed by atoms with E-state index in [-0.39, 0.29) is 22.0 Å². The molecule has 4 rings (SSSR count). The Balaban J connectivity index is 1.62. The van der Waals surface area contributed by atoms with Crippen LogP contribution in [0.1, 0.15) is 19.4 Å². The van der Waals surface area contributed by atoms with Crippen molar-refractivity contribution in [2.24, 2.45) is 0 Å². The molecular formula is C23H24FN5O3S. The summed E-state index contributed by atoms with van der Waals surface area (Å²) in [7, 11) is -1.21. The monoisotopic (exact) mass is 469 g/mol. The molecule has 0 saturated heterocycles. The lowest BCUT2D eigenvalue weighted by Gasteiger charge is -2.36. The van der Waals surface area contributed by atoms with Gasteiger partial charge in [-0.15, -0.1) is 10.2 Å². The molecule has 0 aliphatic carbocycles. The second-order valence-corrected chi connectivity index (χ2v) is 10.3. The van der Waals surface area contributed by atoms with Gasteiger partial charge in [0.05, 0.1) is 23.0 Å². The van der Waals surface area contributed by atoms with Crippen molar-refractivity contribution in [3.8, 4) is 34.3 Å². The minimum atomic E-state index is -3.09. The molecule has 33 heavy (non-hydrogen) atoms. The van der Waals surface area contributed by atoms with Crippen LogP contribution in [0, 0.1) is 5.82 Å². The van der Waals surface area contributed by atoms with E-state index >= 15 is 0 Å². The number of aromatic nitrogens is 4. The van der Waals surface area contributed by atoms with Gasteiger partial charge in [0.2, 0.25) is 5.89 Å². The van der Waals surface area contributed by atoms with Crippen molar-refractivity contribution in [2.45, 2.75) is 30.5 Å². The third kappa shape index (κ3) is 4.79. The molecule has 2 heterocycles. The molecule has 2 aromatic heterocycles. The maximum atomic E-state index is 14.8. The molecule has 0 bridgehead atoms. The molecule has 4 aromatic rings. The molecule has 0 atom stereocenters. The topological polar surface area (TPSA) is 117 Å². The van der Waals surface area contributed by atoms with Gasteiger partial charge in [-0.1, -0.05) is 12.1 Å². The number of hydrogen-bond donors (Lipinski definition) is 3. The number of nitrogens with zero attached hydrogens (tertiary/aromatic N) is 4. The van der Waals surface area contributed by atoms with E-state index in [0.29, 0.717) is 11.6 Å². The normalized spacial score (nSPS) is 12.3. The van der Waals surface area contributed by atoms with Crippen LogP contribution in [0.15, 0.2) is 64.2 Å². The summed E-state index contributed by atoms with van der Waals surface area (Å²) < 4.78 is 41.2. The summed E-state index contributed by atoms with van der Waals surface area (Å²) >= 11 is 0. The van der Waals surface area contributed by atoms with Gasteiger partial charge < -0.3 is 9.73 Å². The minimum Gasteiger partial charge on any atom is -0.415 e. The molecule has 172 valence electrons. The maximum Gasteiger partial charge on any atom is 0.268 e. The van der Waals surface area contributed by atoms with Crippen molar-refractivity contribution < 1.29 is 17.9 Å². The predicted octanol–water partition coefficient (Wildman–Crippen LogP) is 5.24. The fraction of sp³-hybridized carbons (Fsp3) is 0.217. The molecule has 0 spiro atoms. The maximum absolute atomic E-state index is 14.8. The summed E-state index contributed by atoms with van der Waals surface area (Å²) in [5.74, 6) is -0.139. The number of nitrogens with one attached hydrogen (secondary N) is 1. The Labute approximate surface area is 192 Å². The van der Waals surface area contributed by atoms with Crippen molar-refractivity contribution >= 4 is 10.6 Å². The average Bonchev–Trinajstić information content (AvgIpc) is 3.30. The van der Waals surface area contributed by atoms with Gasteiger partial charge in [-0.3, -0.25) is 14.1 Å². The van der Waals surface area contributed by atoms with Crippen LogP contribution in [0.3, 0.4) is 0 Å². The molecule has 8 nitrogen and oxygen atoms in total. The molecule has 2 aromatic carbocycles. The van der Waals surface area contributed by atoms with Gasteiger partial charge in [-0.2, -0.15) is 10.6 Å². The minimum absolute atomic E-state index is 0.144. The largest absolute Gasteiger partial charge is 0.415 e. The lowest BCUT2D eigenvalue weighted by molar-refractivity contribution is 0.475. The molecule has 10 heteroatoms. The first-order valence-corrected chi connectivity index (χ1v) is 11.9. The summed E-state index contributed by atoms with van der Waals surface area (Å²) in [4.78, 5) is 8.70. The van der Waals surface area contributed by atoms with Crippen LogP contribution in [0.5, 0.6) is 0 Å². The van der Waals surface area contributed by atoms with Gasteiger partial charge in [-0.05, 0) is 56.8 Å². The molecule has 3 N–H and O–H groups in total. The van der Waals surface area contributed by atoms with Crippen LogP contribution >= 0.6 is 10.6 Å². The molecule has 0 fully saturated rings. The number of hydrogen-bond acceptors (Lipinski definition) is 8. The first-order chi connectivity index (χ1) is 15.8. The van der Waals surface area contributed by atoms with Crippen LogP contribution < -0.4 is 5.32 Å². The molecule has 0 aliphatic rings. The molecule has 0 saturated carbocycles. The molecule has 0 unspecified atom stereocenters. The smallest absolute Gasteiger partial charge is 0.268 e. The summed E-state index contributed by atoms with van der Waals surface area (Å²) in [6, 6.07) is 11.8. The Kier molecular flexibility index (Phi) is 6.52. The zero-order valence-corrected chi connectivity index (χ0v) is 19.2. The fourth-order valence-electron chi connectivity index (χ4n) is 3.17. The van der Waals surface area contributed by atoms with E-state index in [1.807, 2.05) is 31.3 Å². The Morgan fingerprint density at radius 1 is 1.00 bits per heavy atom. The van der Waals surface area contributed by atoms with Gasteiger partial charge in [-0.25, -0.2) is 9.37 Å². The van der Waals surface area contributed by atoms with E-state index in [0.717, 1.165) is 23.7 Å². The highest BCUT2D eigenvalue weighted by atomic mass is 32.3. The lowest BCUT2D eigenvalue weighted by Crippen LogP contribution is -2.10. The highest BCUT2D eigenvalue weighted by molar-refractivity contribution is 8.24. The first kappa shape index (κ1) is 23.0. The van der Waals surface area contributed by atoms with Gasteiger partial charge in [0.1, 0.15) is 11.5 Å². The summed E-state index contributed by atoms with van der Waals surface area (Å²) in [6.45, 7) is 4.10. The quantitative estimate of drug-likeness (QED) is 0.336.